The summed E-state index contributed by atoms with van der Waals surface area (Å²) >= 11 is 0. The van der Waals surface area contributed by atoms with Gasteiger partial charge in [0, 0.05) is 21.5 Å². The Kier molecular flexibility index (Phi) is 3.60. The Morgan fingerprint density at radius 3 is 1.26 bits per heavy atom. The summed E-state index contributed by atoms with van der Waals surface area (Å²) < 4.78 is 94.5. The van der Waals surface area contributed by atoms with Crippen LogP contribution in [0.2, 0.25) is 0 Å². The number of benzene rings is 2. The van der Waals surface area contributed by atoms with E-state index >= 15 is 0 Å². The van der Waals surface area contributed by atoms with Crippen LogP contribution in [0.1, 0.15) is 11.1 Å². The quantitative estimate of drug-likeness (QED) is 0.365. The number of halogens is 6. The first kappa shape index (κ1) is 17.5. The molecule has 0 saturated carbocycles. The zero-order valence-electron chi connectivity index (χ0n) is 13.4. The molecular weight excluding hydrogens is 374 g/mol. The smallest absolute Gasteiger partial charge is 0.411 e. The van der Waals surface area contributed by atoms with Gasteiger partial charge < -0.3 is 8.83 Å². The van der Waals surface area contributed by atoms with Gasteiger partial charge in [0.15, 0.2) is 0 Å². The number of hydrogen-bond acceptors (Lipinski definition) is 2. The van der Waals surface area contributed by atoms with E-state index in [1.165, 1.54) is 24.7 Å². The maximum atomic E-state index is 14.1. The lowest BCUT2D eigenvalue weighted by Gasteiger charge is -2.38. The zero-order chi connectivity index (χ0) is 19.4. The van der Waals surface area contributed by atoms with Gasteiger partial charge in [-0.1, -0.05) is 24.3 Å². The van der Waals surface area contributed by atoms with Crippen LogP contribution in [0.15, 0.2) is 70.3 Å². The van der Waals surface area contributed by atoms with Gasteiger partial charge in [0.2, 0.25) is 5.41 Å². The lowest BCUT2D eigenvalue weighted by molar-refractivity contribution is -0.288. The van der Waals surface area contributed by atoms with Gasteiger partial charge in [-0.3, -0.25) is 0 Å². The molecule has 0 aliphatic carbocycles. The fourth-order valence-electron chi connectivity index (χ4n) is 3.38. The van der Waals surface area contributed by atoms with E-state index in [0.29, 0.717) is 10.8 Å². The molecule has 0 saturated heterocycles. The molecule has 27 heavy (non-hydrogen) atoms. The molecule has 0 bridgehead atoms. The summed E-state index contributed by atoms with van der Waals surface area (Å²) in [5.74, 6) is 0. The van der Waals surface area contributed by atoms with Crippen molar-refractivity contribution in [3.05, 3.63) is 72.6 Å². The SMILES string of the molecule is FC(F)(F)C(c1ccc2cocc2c1)(c1ccc2cocc2c1)C(F)(F)F. The third-order valence-electron chi connectivity index (χ3n) is 4.67. The molecule has 2 nitrogen and oxygen atoms in total. The minimum atomic E-state index is -5.64. The van der Waals surface area contributed by atoms with Crippen LogP contribution in [-0.2, 0) is 5.41 Å². The molecule has 0 aliphatic heterocycles. The van der Waals surface area contributed by atoms with E-state index in [-0.39, 0.29) is 10.8 Å². The largest absolute Gasteiger partial charge is 0.471 e. The van der Waals surface area contributed by atoms with Gasteiger partial charge in [-0.05, 0) is 23.3 Å². The molecule has 8 heteroatoms. The molecule has 0 atom stereocenters. The fraction of sp³-hybridized carbons (Fsp3) is 0.158. The van der Waals surface area contributed by atoms with Crippen LogP contribution in [-0.4, -0.2) is 12.4 Å². The average molecular weight is 384 g/mol. The standard InChI is InChI=1S/C19H10F6O2/c20-18(21,22)17(19(23,24)25,15-3-1-11-7-26-9-13(11)5-15)16-4-2-12-8-27-10-14(12)6-16/h1-10H. The van der Waals surface area contributed by atoms with Crippen LogP contribution in [0.5, 0.6) is 0 Å². The molecule has 4 aromatic rings. The van der Waals surface area contributed by atoms with Crippen LogP contribution in [0.3, 0.4) is 0 Å². The van der Waals surface area contributed by atoms with Crippen molar-refractivity contribution in [2.75, 3.05) is 0 Å². The Morgan fingerprint density at radius 1 is 0.519 bits per heavy atom. The van der Waals surface area contributed by atoms with Crippen molar-refractivity contribution >= 4 is 21.5 Å². The van der Waals surface area contributed by atoms with Gasteiger partial charge >= 0.3 is 12.4 Å². The second-order valence-corrected chi connectivity index (χ2v) is 6.18. The third kappa shape index (κ3) is 2.43. The van der Waals surface area contributed by atoms with E-state index in [9.17, 15) is 26.3 Å². The van der Waals surface area contributed by atoms with Crippen molar-refractivity contribution in [3.63, 3.8) is 0 Å². The van der Waals surface area contributed by atoms with Gasteiger partial charge in [0.25, 0.3) is 0 Å². The predicted molar refractivity (Wildman–Crippen MR) is 85.3 cm³/mol. The van der Waals surface area contributed by atoms with Gasteiger partial charge in [-0.2, -0.15) is 26.3 Å². The van der Waals surface area contributed by atoms with E-state index in [2.05, 4.69) is 0 Å². The highest BCUT2D eigenvalue weighted by molar-refractivity contribution is 5.84. The minimum absolute atomic E-state index is 0.148. The lowest BCUT2D eigenvalue weighted by Crippen LogP contribution is -2.54. The zero-order valence-corrected chi connectivity index (χ0v) is 13.4. The van der Waals surface area contributed by atoms with Crippen molar-refractivity contribution in [1.29, 1.82) is 0 Å². The third-order valence-corrected chi connectivity index (χ3v) is 4.67. The van der Waals surface area contributed by atoms with E-state index in [1.54, 1.807) is 0 Å². The molecule has 0 unspecified atom stereocenters. The summed E-state index contributed by atoms with van der Waals surface area (Å²) in [4.78, 5) is 0. The molecule has 2 aromatic carbocycles. The Labute approximate surface area is 148 Å². The van der Waals surface area contributed by atoms with Gasteiger partial charge in [-0.25, -0.2) is 0 Å². The summed E-state index contributed by atoms with van der Waals surface area (Å²) in [6, 6.07) is 5.74. The number of hydrogen-bond donors (Lipinski definition) is 0. The van der Waals surface area contributed by atoms with Crippen LogP contribution < -0.4 is 0 Å². The summed E-state index contributed by atoms with van der Waals surface area (Å²) in [6.45, 7) is 0. The van der Waals surface area contributed by atoms with E-state index in [4.69, 9.17) is 8.83 Å². The molecule has 0 aliphatic rings. The van der Waals surface area contributed by atoms with Crippen LogP contribution >= 0.6 is 0 Å². The normalized spacial score (nSPS) is 13.6. The first-order valence-electron chi connectivity index (χ1n) is 7.71. The van der Waals surface area contributed by atoms with Gasteiger partial charge in [0.1, 0.15) is 0 Å². The van der Waals surface area contributed by atoms with E-state index in [1.807, 2.05) is 0 Å². The molecule has 0 radical (unpaired) electrons. The van der Waals surface area contributed by atoms with Gasteiger partial charge in [-0.15, -0.1) is 0 Å². The Balaban J connectivity index is 2.10. The Hall–Kier alpha value is -2.90. The number of rotatable bonds is 2. The molecule has 0 fully saturated rings. The van der Waals surface area contributed by atoms with E-state index in [0.717, 1.165) is 36.8 Å². The molecule has 140 valence electrons. The first-order chi connectivity index (χ1) is 12.6. The van der Waals surface area contributed by atoms with Crippen molar-refractivity contribution in [3.8, 4) is 0 Å². The van der Waals surface area contributed by atoms with Crippen LogP contribution in [0, 0.1) is 0 Å². The topological polar surface area (TPSA) is 26.3 Å². The molecule has 0 N–H and O–H groups in total. The van der Waals surface area contributed by atoms with Crippen molar-refractivity contribution in [2.24, 2.45) is 0 Å². The maximum Gasteiger partial charge on any atom is 0.411 e. The summed E-state index contributed by atoms with van der Waals surface area (Å²) in [7, 11) is 0. The highest BCUT2D eigenvalue weighted by Crippen LogP contribution is 2.56. The first-order valence-corrected chi connectivity index (χ1v) is 7.71. The minimum Gasteiger partial charge on any atom is -0.471 e. The van der Waals surface area contributed by atoms with Crippen molar-refractivity contribution in [1.82, 2.24) is 0 Å². The predicted octanol–water partition coefficient (Wildman–Crippen LogP) is 6.59. The Morgan fingerprint density at radius 2 is 0.889 bits per heavy atom. The average Bonchev–Trinajstić information content (AvgIpc) is 3.20. The fourth-order valence-corrected chi connectivity index (χ4v) is 3.38. The van der Waals surface area contributed by atoms with Crippen molar-refractivity contribution in [2.45, 2.75) is 17.8 Å². The monoisotopic (exact) mass is 384 g/mol. The van der Waals surface area contributed by atoms with Crippen LogP contribution in [0.4, 0.5) is 26.3 Å². The Bertz CT molecular complexity index is 1030. The number of fused-ring (bicyclic) bond motifs is 2. The maximum absolute atomic E-state index is 14.1. The van der Waals surface area contributed by atoms with Crippen LogP contribution in [0.25, 0.3) is 21.5 Å². The number of alkyl halides is 6. The molecule has 2 aromatic heterocycles. The van der Waals surface area contributed by atoms with E-state index < -0.39 is 28.9 Å². The highest BCUT2D eigenvalue weighted by atomic mass is 19.4. The molecule has 0 amide bonds. The lowest BCUT2D eigenvalue weighted by atomic mass is 9.72. The second kappa shape index (κ2) is 5.55. The summed E-state index contributed by atoms with van der Waals surface area (Å²) in [5, 5.41) is 1.11. The molecule has 4 rings (SSSR count). The van der Waals surface area contributed by atoms with Crippen molar-refractivity contribution < 1.29 is 35.2 Å². The molecule has 2 heterocycles. The summed E-state index contributed by atoms with van der Waals surface area (Å²) in [5.41, 5.74) is -6.06. The second-order valence-electron chi connectivity index (χ2n) is 6.18. The molecule has 0 spiro atoms. The summed E-state index contributed by atoms with van der Waals surface area (Å²) in [6.07, 6.45) is -6.57. The highest BCUT2D eigenvalue weighted by Gasteiger charge is 2.72. The number of furan rings is 2. The van der Waals surface area contributed by atoms with Gasteiger partial charge in [0.05, 0.1) is 25.1 Å². The molecular formula is C19H10F6O2.